The Balaban J connectivity index is 1.96. The van der Waals surface area contributed by atoms with Crippen LogP contribution in [0.3, 0.4) is 0 Å². The zero-order valence-electron chi connectivity index (χ0n) is 11.5. The van der Waals surface area contributed by atoms with Crippen molar-refractivity contribution < 1.29 is 9.53 Å². The minimum absolute atomic E-state index is 0.221. The number of carbonyl (C=O) groups excluding carboxylic acids is 1. The van der Waals surface area contributed by atoms with E-state index in [4.69, 9.17) is 4.74 Å². The van der Waals surface area contributed by atoms with Gasteiger partial charge in [0.25, 0.3) is 0 Å². The zero-order chi connectivity index (χ0) is 14.4. The molecule has 1 aliphatic rings. The van der Waals surface area contributed by atoms with Crippen molar-refractivity contribution in [1.29, 1.82) is 0 Å². The highest BCUT2D eigenvalue weighted by Gasteiger charge is 2.30. The van der Waals surface area contributed by atoms with Crippen LogP contribution in [-0.4, -0.2) is 18.3 Å². The molecule has 0 amide bonds. The molecule has 0 N–H and O–H groups in total. The molecule has 3 nitrogen and oxygen atoms in total. The number of hydrogen-bond acceptors (Lipinski definition) is 3. The van der Waals surface area contributed by atoms with Crippen LogP contribution in [0.2, 0.25) is 0 Å². The van der Waals surface area contributed by atoms with Crippen molar-refractivity contribution in [3.63, 3.8) is 0 Å². The molecule has 0 spiro atoms. The Labute approximate surface area is 127 Å². The lowest BCUT2D eigenvalue weighted by Gasteiger charge is -2.03. The van der Waals surface area contributed by atoms with Gasteiger partial charge in [-0.1, -0.05) is 59.6 Å². The largest absolute Gasteiger partial charge is 0.448 e. The second kappa shape index (κ2) is 7.39. The standard InChI is InChI=1S/C16H18BrNO2/c1-2-3-9-13-15(17)14(20-16(13)19)11-18-10-12-7-5-4-6-8-12/h4-8,11,14H,2-3,9-10H2,1H3. The number of rotatable bonds is 6. The van der Waals surface area contributed by atoms with E-state index in [1.807, 2.05) is 30.3 Å². The highest BCUT2D eigenvalue weighted by molar-refractivity contribution is 9.11. The fourth-order valence-corrected chi connectivity index (χ4v) is 2.59. The third-order valence-corrected chi connectivity index (χ3v) is 4.09. The predicted molar refractivity (Wildman–Crippen MR) is 84.0 cm³/mol. The summed E-state index contributed by atoms with van der Waals surface area (Å²) in [6, 6.07) is 9.99. The van der Waals surface area contributed by atoms with E-state index in [1.165, 1.54) is 0 Å². The van der Waals surface area contributed by atoms with Crippen LogP contribution in [0.5, 0.6) is 0 Å². The van der Waals surface area contributed by atoms with Crippen LogP contribution in [-0.2, 0) is 16.1 Å². The highest BCUT2D eigenvalue weighted by Crippen LogP contribution is 2.30. The maximum absolute atomic E-state index is 11.8. The molecule has 0 radical (unpaired) electrons. The molecule has 2 rings (SSSR count). The Morgan fingerprint density at radius 3 is 2.80 bits per heavy atom. The number of esters is 1. The molecule has 1 aromatic carbocycles. The number of hydrogen-bond donors (Lipinski definition) is 0. The zero-order valence-corrected chi connectivity index (χ0v) is 13.1. The Morgan fingerprint density at radius 2 is 2.10 bits per heavy atom. The van der Waals surface area contributed by atoms with E-state index in [0.717, 1.165) is 34.9 Å². The molecule has 4 heteroatoms. The number of aliphatic imine (C=N–C) groups is 1. The van der Waals surface area contributed by atoms with Gasteiger partial charge in [0.15, 0.2) is 6.10 Å². The van der Waals surface area contributed by atoms with Gasteiger partial charge in [-0.15, -0.1) is 0 Å². The molecule has 1 heterocycles. The minimum atomic E-state index is -0.363. The van der Waals surface area contributed by atoms with Gasteiger partial charge in [-0.3, -0.25) is 4.99 Å². The molecule has 0 bridgehead atoms. The van der Waals surface area contributed by atoms with Crippen LogP contribution in [0.25, 0.3) is 0 Å². The Morgan fingerprint density at radius 1 is 1.35 bits per heavy atom. The molecule has 1 unspecified atom stereocenters. The van der Waals surface area contributed by atoms with Crippen LogP contribution in [0, 0.1) is 0 Å². The Hall–Kier alpha value is -1.42. The molecule has 0 saturated carbocycles. The van der Waals surface area contributed by atoms with Gasteiger partial charge in [-0.25, -0.2) is 4.79 Å². The monoisotopic (exact) mass is 335 g/mol. The van der Waals surface area contributed by atoms with Crippen molar-refractivity contribution >= 4 is 28.1 Å². The Bertz CT molecular complexity index is 523. The second-order valence-corrected chi connectivity index (χ2v) is 5.59. The fourth-order valence-electron chi connectivity index (χ4n) is 2.02. The van der Waals surface area contributed by atoms with Crippen molar-refractivity contribution in [2.75, 3.05) is 0 Å². The van der Waals surface area contributed by atoms with Gasteiger partial charge in [0.05, 0.1) is 16.6 Å². The van der Waals surface area contributed by atoms with Crippen molar-refractivity contribution in [2.45, 2.75) is 38.8 Å². The van der Waals surface area contributed by atoms with Gasteiger partial charge in [-0.2, -0.15) is 0 Å². The van der Waals surface area contributed by atoms with E-state index < -0.39 is 0 Å². The SMILES string of the molecule is CCCCC1=C(Br)C(C=NCc2ccccc2)OC1=O. The van der Waals surface area contributed by atoms with Gasteiger partial charge >= 0.3 is 5.97 Å². The van der Waals surface area contributed by atoms with Crippen molar-refractivity contribution in [2.24, 2.45) is 4.99 Å². The van der Waals surface area contributed by atoms with E-state index in [-0.39, 0.29) is 12.1 Å². The summed E-state index contributed by atoms with van der Waals surface area (Å²) in [5, 5.41) is 0. The lowest BCUT2D eigenvalue weighted by atomic mass is 10.1. The van der Waals surface area contributed by atoms with Crippen molar-refractivity contribution in [3.8, 4) is 0 Å². The predicted octanol–water partition coefficient (Wildman–Crippen LogP) is 4.02. The number of nitrogens with zero attached hydrogens (tertiary/aromatic N) is 1. The lowest BCUT2D eigenvalue weighted by molar-refractivity contribution is -0.137. The summed E-state index contributed by atoms with van der Waals surface area (Å²) < 4.78 is 6.14. The summed E-state index contributed by atoms with van der Waals surface area (Å²) in [6.45, 7) is 2.70. The summed E-state index contributed by atoms with van der Waals surface area (Å²) in [5.74, 6) is -0.221. The molecule has 1 atom stereocenters. The van der Waals surface area contributed by atoms with E-state index in [2.05, 4.69) is 27.8 Å². The quantitative estimate of drug-likeness (QED) is 0.581. The lowest BCUT2D eigenvalue weighted by Crippen LogP contribution is -2.11. The van der Waals surface area contributed by atoms with E-state index in [0.29, 0.717) is 6.54 Å². The van der Waals surface area contributed by atoms with Crippen LogP contribution in [0.1, 0.15) is 31.7 Å². The number of carbonyl (C=O) groups is 1. The summed E-state index contributed by atoms with van der Waals surface area (Å²) in [5.41, 5.74) is 1.89. The van der Waals surface area contributed by atoms with Gasteiger partial charge in [-0.05, 0) is 18.4 Å². The van der Waals surface area contributed by atoms with Gasteiger partial charge in [0.2, 0.25) is 0 Å². The number of benzene rings is 1. The first-order valence-corrected chi connectivity index (χ1v) is 7.65. The molecule has 20 heavy (non-hydrogen) atoms. The molecule has 1 aliphatic heterocycles. The van der Waals surface area contributed by atoms with Crippen molar-refractivity contribution in [3.05, 3.63) is 46.0 Å². The second-order valence-electron chi connectivity index (χ2n) is 4.73. The molecule has 0 aromatic heterocycles. The van der Waals surface area contributed by atoms with Crippen LogP contribution in [0.4, 0.5) is 0 Å². The summed E-state index contributed by atoms with van der Waals surface area (Å²) in [6.07, 6.45) is 4.16. The van der Waals surface area contributed by atoms with Crippen LogP contribution in [0.15, 0.2) is 45.4 Å². The molecule has 0 saturated heterocycles. The molecular formula is C16H18BrNO2. The molecule has 1 aromatic rings. The van der Waals surface area contributed by atoms with Crippen molar-refractivity contribution in [1.82, 2.24) is 0 Å². The topological polar surface area (TPSA) is 38.7 Å². The average Bonchev–Trinajstić information content (AvgIpc) is 2.73. The van der Waals surface area contributed by atoms with Gasteiger partial charge < -0.3 is 4.74 Å². The van der Waals surface area contributed by atoms with E-state index >= 15 is 0 Å². The van der Waals surface area contributed by atoms with Gasteiger partial charge in [0, 0.05) is 6.21 Å². The third-order valence-electron chi connectivity index (χ3n) is 3.16. The minimum Gasteiger partial charge on any atom is -0.448 e. The fraction of sp³-hybridized carbons (Fsp3) is 0.375. The summed E-state index contributed by atoms with van der Waals surface area (Å²) in [7, 11) is 0. The number of cyclic esters (lactones) is 1. The Kier molecular flexibility index (Phi) is 5.53. The van der Waals surface area contributed by atoms with E-state index in [1.54, 1.807) is 6.21 Å². The molecule has 106 valence electrons. The van der Waals surface area contributed by atoms with Crippen LogP contribution < -0.4 is 0 Å². The first-order valence-electron chi connectivity index (χ1n) is 6.85. The highest BCUT2D eigenvalue weighted by atomic mass is 79.9. The summed E-state index contributed by atoms with van der Waals surface area (Å²) >= 11 is 3.47. The molecule has 0 aliphatic carbocycles. The number of ether oxygens (including phenoxy) is 1. The van der Waals surface area contributed by atoms with Crippen LogP contribution >= 0.6 is 15.9 Å². The first-order chi connectivity index (χ1) is 9.72. The number of unbranched alkanes of at least 4 members (excludes halogenated alkanes) is 1. The molecule has 0 fully saturated rings. The average molecular weight is 336 g/mol. The summed E-state index contributed by atoms with van der Waals surface area (Å²) in [4.78, 5) is 16.1. The van der Waals surface area contributed by atoms with Gasteiger partial charge in [0.1, 0.15) is 0 Å². The maximum atomic E-state index is 11.8. The van der Waals surface area contributed by atoms with E-state index in [9.17, 15) is 4.79 Å². The maximum Gasteiger partial charge on any atom is 0.335 e. The molecular weight excluding hydrogens is 318 g/mol. The third kappa shape index (κ3) is 3.79. The first kappa shape index (κ1) is 15.0. The number of halogens is 1. The smallest absolute Gasteiger partial charge is 0.335 e. The normalized spacial score (nSPS) is 18.9.